The molecule has 1 fully saturated rings. The molecule has 1 aliphatic heterocycles. The first-order valence-electron chi connectivity index (χ1n) is 6.71. The monoisotopic (exact) mass is 296 g/mol. The lowest BCUT2D eigenvalue weighted by atomic mass is 10.1. The van der Waals surface area contributed by atoms with E-state index in [4.69, 9.17) is 5.73 Å². The van der Waals surface area contributed by atoms with Gasteiger partial charge in [-0.1, -0.05) is 6.07 Å². The lowest BCUT2D eigenvalue weighted by Gasteiger charge is -2.31. The van der Waals surface area contributed by atoms with E-state index in [2.05, 4.69) is 10.6 Å². The minimum atomic E-state index is -0.301. The Labute approximate surface area is 122 Å². The van der Waals surface area contributed by atoms with E-state index in [1.54, 1.807) is 11.3 Å². The van der Waals surface area contributed by atoms with Crippen molar-refractivity contribution in [3.8, 4) is 0 Å². The van der Waals surface area contributed by atoms with Gasteiger partial charge in [-0.15, -0.1) is 11.3 Å². The second-order valence-electron chi connectivity index (χ2n) is 4.92. The lowest BCUT2D eigenvalue weighted by Crippen LogP contribution is -2.49. The highest BCUT2D eigenvalue weighted by atomic mass is 32.1. The van der Waals surface area contributed by atoms with Crippen molar-refractivity contribution < 1.29 is 9.59 Å². The van der Waals surface area contributed by atoms with Crippen LogP contribution < -0.4 is 16.4 Å². The van der Waals surface area contributed by atoms with Crippen molar-refractivity contribution in [1.29, 1.82) is 0 Å². The summed E-state index contributed by atoms with van der Waals surface area (Å²) in [5.41, 5.74) is 5.17. The summed E-state index contributed by atoms with van der Waals surface area (Å²) in [6.45, 7) is 2.44. The molecule has 1 aromatic rings. The van der Waals surface area contributed by atoms with Gasteiger partial charge in [-0.05, 0) is 24.3 Å². The van der Waals surface area contributed by atoms with E-state index in [-0.39, 0.29) is 18.0 Å². The standard InChI is InChI=1S/C13H20N4O2S/c14-12(18)9-17-5-3-10(4-6-17)16-13(19)15-8-11-2-1-7-20-11/h1-2,7,10H,3-6,8-9H2,(H2,14,18)(H2,15,16,19). The van der Waals surface area contributed by atoms with E-state index in [9.17, 15) is 9.59 Å². The molecule has 7 heteroatoms. The van der Waals surface area contributed by atoms with Gasteiger partial charge in [-0.25, -0.2) is 4.79 Å². The molecule has 2 heterocycles. The maximum absolute atomic E-state index is 11.8. The maximum Gasteiger partial charge on any atom is 0.315 e. The Morgan fingerprint density at radius 2 is 2.15 bits per heavy atom. The van der Waals surface area contributed by atoms with Gasteiger partial charge in [0, 0.05) is 24.0 Å². The second kappa shape index (κ2) is 7.25. The highest BCUT2D eigenvalue weighted by molar-refractivity contribution is 7.09. The Balaban J connectivity index is 1.64. The summed E-state index contributed by atoms with van der Waals surface area (Å²) < 4.78 is 0. The first kappa shape index (κ1) is 14.8. The SMILES string of the molecule is NC(=O)CN1CCC(NC(=O)NCc2cccs2)CC1. The van der Waals surface area contributed by atoms with Crippen molar-refractivity contribution in [2.45, 2.75) is 25.4 Å². The minimum absolute atomic E-state index is 0.133. The van der Waals surface area contributed by atoms with Gasteiger partial charge < -0.3 is 16.4 Å². The van der Waals surface area contributed by atoms with Crippen molar-refractivity contribution >= 4 is 23.3 Å². The molecule has 2 rings (SSSR count). The number of nitrogens with zero attached hydrogens (tertiary/aromatic N) is 1. The topological polar surface area (TPSA) is 87.5 Å². The number of likely N-dealkylation sites (tertiary alicyclic amines) is 1. The Hall–Kier alpha value is -1.60. The number of carbonyl (C=O) groups excluding carboxylic acids is 2. The number of hydrogen-bond acceptors (Lipinski definition) is 4. The summed E-state index contributed by atoms with van der Waals surface area (Å²) in [5, 5.41) is 7.80. The van der Waals surface area contributed by atoms with Crippen LogP contribution in [0.4, 0.5) is 4.79 Å². The number of primary amides is 1. The largest absolute Gasteiger partial charge is 0.369 e. The molecule has 0 radical (unpaired) electrons. The number of rotatable bonds is 5. The molecule has 1 saturated heterocycles. The van der Waals surface area contributed by atoms with Crippen molar-refractivity contribution in [3.63, 3.8) is 0 Å². The van der Waals surface area contributed by atoms with E-state index < -0.39 is 0 Å². The summed E-state index contributed by atoms with van der Waals surface area (Å²) in [5.74, 6) is -0.301. The molecule has 1 aliphatic rings. The van der Waals surface area contributed by atoms with Crippen LogP contribution in [0.5, 0.6) is 0 Å². The van der Waals surface area contributed by atoms with Gasteiger partial charge in [0.05, 0.1) is 13.1 Å². The second-order valence-corrected chi connectivity index (χ2v) is 5.96. The molecule has 3 amide bonds. The van der Waals surface area contributed by atoms with Crippen molar-refractivity contribution in [3.05, 3.63) is 22.4 Å². The van der Waals surface area contributed by atoms with E-state index in [0.717, 1.165) is 30.8 Å². The van der Waals surface area contributed by atoms with Gasteiger partial charge >= 0.3 is 6.03 Å². The minimum Gasteiger partial charge on any atom is -0.369 e. The number of piperidine rings is 1. The third kappa shape index (κ3) is 4.82. The zero-order chi connectivity index (χ0) is 14.4. The van der Waals surface area contributed by atoms with Crippen LogP contribution in [0.2, 0.25) is 0 Å². The van der Waals surface area contributed by atoms with Crippen LogP contribution in [0.1, 0.15) is 17.7 Å². The van der Waals surface area contributed by atoms with Crippen LogP contribution in [-0.2, 0) is 11.3 Å². The van der Waals surface area contributed by atoms with Crippen LogP contribution in [-0.4, -0.2) is 42.5 Å². The Morgan fingerprint density at radius 1 is 1.40 bits per heavy atom. The number of hydrogen-bond donors (Lipinski definition) is 3. The van der Waals surface area contributed by atoms with Gasteiger partial charge in [0.15, 0.2) is 0 Å². The molecular formula is C13H20N4O2S. The predicted molar refractivity (Wildman–Crippen MR) is 78.3 cm³/mol. The molecular weight excluding hydrogens is 276 g/mol. The quantitative estimate of drug-likeness (QED) is 0.739. The number of amides is 3. The summed E-state index contributed by atoms with van der Waals surface area (Å²) in [4.78, 5) is 25.7. The fraction of sp³-hybridized carbons (Fsp3) is 0.538. The molecule has 0 spiro atoms. The van der Waals surface area contributed by atoms with Crippen molar-refractivity contribution in [2.75, 3.05) is 19.6 Å². The Morgan fingerprint density at radius 3 is 2.75 bits per heavy atom. The first-order valence-corrected chi connectivity index (χ1v) is 7.59. The fourth-order valence-corrected chi connectivity index (χ4v) is 2.92. The molecule has 4 N–H and O–H groups in total. The van der Waals surface area contributed by atoms with Gasteiger partial charge in [0.1, 0.15) is 0 Å². The van der Waals surface area contributed by atoms with E-state index in [1.165, 1.54) is 0 Å². The molecule has 110 valence electrons. The molecule has 0 atom stereocenters. The van der Waals surface area contributed by atoms with Gasteiger partial charge in [0.25, 0.3) is 0 Å². The summed E-state index contributed by atoms with van der Waals surface area (Å²) in [6, 6.07) is 4.00. The van der Waals surface area contributed by atoms with Crippen LogP contribution in [0.3, 0.4) is 0 Å². The number of thiophene rings is 1. The number of carbonyl (C=O) groups is 2. The van der Waals surface area contributed by atoms with Gasteiger partial charge in [0.2, 0.25) is 5.91 Å². The molecule has 0 unspecified atom stereocenters. The summed E-state index contributed by atoms with van der Waals surface area (Å²) >= 11 is 1.62. The zero-order valence-electron chi connectivity index (χ0n) is 11.3. The molecule has 20 heavy (non-hydrogen) atoms. The summed E-state index contributed by atoms with van der Waals surface area (Å²) in [6.07, 6.45) is 1.69. The molecule has 0 saturated carbocycles. The molecule has 1 aromatic heterocycles. The zero-order valence-corrected chi connectivity index (χ0v) is 12.1. The van der Waals surface area contributed by atoms with E-state index >= 15 is 0 Å². The van der Waals surface area contributed by atoms with Crippen LogP contribution in [0.25, 0.3) is 0 Å². The lowest BCUT2D eigenvalue weighted by molar-refractivity contribution is -0.119. The predicted octanol–water partition coefficient (Wildman–Crippen LogP) is 0.497. The first-order chi connectivity index (χ1) is 9.63. The number of nitrogens with two attached hydrogens (primary N) is 1. The third-order valence-electron chi connectivity index (χ3n) is 3.31. The maximum atomic E-state index is 11.8. The number of nitrogens with one attached hydrogen (secondary N) is 2. The fourth-order valence-electron chi connectivity index (χ4n) is 2.27. The normalized spacial score (nSPS) is 16.8. The average molecular weight is 296 g/mol. The van der Waals surface area contributed by atoms with Crippen molar-refractivity contribution in [2.24, 2.45) is 5.73 Å². The molecule has 0 aromatic carbocycles. The average Bonchev–Trinajstić information content (AvgIpc) is 2.91. The van der Waals surface area contributed by atoms with Gasteiger partial charge in [-0.2, -0.15) is 0 Å². The molecule has 0 bridgehead atoms. The highest BCUT2D eigenvalue weighted by Gasteiger charge is 2.21. The van der Waals surface area contributed by atoms with E-state index in [0.29, 0.717) is 13.1 Å². The highest BCUT2D eigenvalue weighted by Crippen LogP contribution is 2.10. The summed E-state index contributed by atoms with van der Waals surface area (Å²) in [7, 11) is 0. The molecule has 0 aliphatic carbocycles. The number of urea groups is 1. The van der Waals surface area contributed by atoms with Crippen LogP contribution in [0, 0.1) is 0 Å². The molecule has 6 nitrogen and oxygen atoms in total. The third-order valence-corrected chi connectivity index (χ3v) is 4.18. The Kier molecular flexibility index (Phi) is 5.37. The smallest absolute Gasteiger partial charge is 0.315 e. The van der Waals surface area contributed by atoms with Gasteiger partial charge in [-0.3, -0.25) is 9.69 Å². The van der Waals surface area contributed by atoms with Crippen LogP contribution >= 0.6 is 11.3 Å². The van der Waals surface area contributed by atoms with Crippen molar-refractivity contribution in [1.82, 2.24) is 15.5 Å². The van der Waals surface area contributed by atoms with Crippen LogP contribution in [0.15, 0.2) is 17.5 Å². The van der Waals surface area contributed by atoms with E-state index in [1.807, 2.05) is 22.4 Å². The Bertz CT molecular complexity index is 441.